The van der Waals surface area contributed by atoms with Crippen LogP contribution in [0.4, 0.5) is 22.7 Å². The Labute approximate surface area is 130 Å². The van der Waals surface area contributed by atoms with Crippen LogP contribution in [0, 0.1) is 27.2 Å². The Hall–Kier alpha value is -2.87. The molecule has 0 bridgehead atoms. The van der Waals surface area contributed by atoms with Gasteiger partial charge in [-0.2, -0.15) is 0 Å². The van der Waals surface area contributed by atoms with Crippen LogP contribution >= 0.6 is 11.6 Å². The lowest BCUT2D eigenvalue weighted by atomic mass is 10.2. The zero-order valence-corrected chi connectivity index (χ0v) is 12.1. The summed E-state index contributed by atoms with van der Waals surface area (Å²) >= 11 is 5.93. The topological polar surface area (TPSA) is 110 Å². The Morgan fingerprint density at radius 2 is 1.59 bits per heavy atom. The smallest absolute Gasteiger partial charge is 0.294 e. The van der Waals surface area contributed by atoms with Gasteiger partial charge in [0.05, 0.1) is 20.6 Å². The first kappa shape index (κ1) is 15.5. The van der Waals surface area contributed by atoms with Gasteiger partial charge < -0.3 is 0 Å². The predicted molar refractivity (Wildman–Crippen MR) is 83.2 cm³/mol. The minimum absolute atomic E-state index is 0.0921. The number of hydrogen-bond donors (Lipinski definition) is 2. The van der Waals surface area contributed by atoms with E-state index in [1.54, 1.807) is 19.1 Å². The van der Waals surface area contributed by atoms with Gasteiger partial charge in [0.2, 0.25) is 0 Å². The van der Waals surface area contributed by atoms with Gasteiger partial charge in [0, 0.05) is 18.2 Å². The minimum atomic E-state index is -0.562. The maximum absolute atomic E-state index is 11.0. The van der Waals surface area contributed by atoms with E-state index in [0.717, 1.165) is 5.56 Å². The number of aryl methyl sites for hydroxylation is 1. The van der Waals surface area contributed by atoms with Gasteiger partial charge in [-0.3, -0.25) is 31.1 Å². The molecule has 0 aliphatic rings. The molecule has 0 heterocycles. The minimum Gasteiger partial charge on any atom is -0.299 e. The van der Waals surface area contributed by atoms with Crippen LogP contribution in [0.25, 0.3) is 0 Å². The van der Waals surface area contributed by atoms with E-state index in [-0.39, 0.29) is 22.1 Å². The van der Waals surface area contributed by atoms with Crippen LogP contribution in [-0.4, -0.2) is 9.85 Å². The summed E-state index contributed by atoms with van der Waals surface area (Å²) in [4.78, 5) is 20.6. The van der Waals surface area contributed by atoms with Crippen LogP contribution in [0.15, 0.2) is 36.4 Å². The van der Waals surface area contributed by atoms with E-state index >= 15 is 0 Å². The molecule has 0 saturated heterocycles. The lowest BCUT2D eigenvalue weighted by Gasteiger charge is -2.11. The fraction of sp³-hybridized carbons (Fsp3) is 0.0769. The Kier molecular flexibility index (Phi) is 4.42. The Morgan fingerprint density at radius 3 is 2.18 bits per heavy atom. The van der Waals surface area contributed by atoms with Gasteiger partial charge in [-0.1, -0.05) is 17.7 Å². The van der Waals surface area contributed by atoms with Crippen molar-refractivity contribution in [3.05, 3.63) is 67.2 Å². The maximum Gasteiger partial charge on any atom is 0.294 e. The summed E-state index contributed by atoms with van der Waals surface area (Å²) in [6.07, 6.45) is 0. The van der Waals surface area contributed by atoms with Gasteiger partial charge >= 0.3 is 0 Å². The zero-order valence-electron chi connectivity index (χ0n) is 11.4. The molecule has 0 atom stereocenters. The molecule has 0 aromatic heterocycles. The number of nitro benzene ring substituents is 2. The first-order valence-corrected chi connectivity index (χ1v) is 6.47. The molecule has 0 radical (unpaired) electrons. The van der Waals surface area contributed by atoms with E-state index in [1.165, 1.54) is 24.3 Å². The second kappa shape index (κ2) is 6.27. The zero-order chi connectivity index (χ0) is 16.3. The van der Waals surface area contributed by atoms with E-state index in [9.17, 15) is 20.2 Å². The number of nitrogens with one attached hydrogen (secondary N) is 2. The van der Waals surface area contributed by atoms with Crippen molar-refractivity contribution in [1.82, 2.24) is 0 Å². The molecule has 0 amide bonds. The van der Waals surface area contributed by atoms with Crippen molar-refractivity contribution in [3.63, 3.8) is 0 Å². The van der Waals surface area contributed by atoms with Crippen molar-refractivity contribution in [2.45, 2.75) is 6.92 Å². The van der Waals surface area contributed by atoms with Gasteiger partial charge in [0.15, 0.2) is 0 Å². The van der Waals surface area contributed by atoms with Crippen LogP contribution in [0.1, 0.15) is 5.56 Å². The first-order chi connectivity index (χ1) is 10.4. The lowest BCUT2D eigenvalue weighted by molar-refractivity contribution is -0.384. The molecule has 0 aliphatic heterocycles. The molecular weight excluding hydrogens is 312 g/mol. The molecule has 9 heteroatoms. The summed E-state index contributed by atoms with van der Waals surface area (Å²) in [6, 6.07) is 8.58. The number of halogens is 1. The van der Waals surface area contributed by atoms with Crippen LogP contribution in [-0.2, 0) is 0 Å². The molecular formula is C13H11ClN4O4. The highest BCUT2D eigenvalue weighted by molar-refractivity contribution is 6.33. The van der Waals surface area contributed by atoms with Crippen LogP contribution < -0.4 is 10.9 Å². The number of nitro groups is 2. The van der Waals surface area contributed by atoms with E-state index in [1.807, 2.05) is 0 Å². The highest BCUT2D eigenvalue weighted by atomic mass is 35.5. The highest BCUT2D eigenvalue weighted by Crippen LogP contribution is 2.29. The molecule has 2 aromatic rings. The molecule has 2 rings (SSSR count). The van der Waals surface area contributed by atoms with Crippen molar-refractivity contribution in [2.24, 2.45) is 0 Å². The third-order valence-electron chi connectivity index (χ3n) is 2.85. The van der Waals surface area contributed by atoms with Crippen molar-refractivity contribution >= 4 is 34.4 Å². The monoisotopic (exact) mass is 322 g/mol. The quantitative estimate of drug-likeness (QED) is 0.638. The molecule has 22 heavy (non-hydrogen) atoms. The van der Waals surface area contributed by atoms with Gasteiger partial charge in [0.25, 0.3) is 11.4 Å². The number of rotatable bonds is 5. The number of hydrazine groups is 1. The molecule has 0 spiro atoms. The van der Waals surface area contributed by atoms with Gasteiger partial charge in [0.1, 0.15) is 5.69 Å². The van der Waals surface area contributed by atoms with Crippen molar-refractivity contribution in [2.75, 3.05) is 10.9 Å². The van der Waals surface area contributed by atoms with E-state index < -0.39 is 9.85 Å². The van der Waals surface area contributed by atoms with E-state index in [4.69, 9.17) is 11.6 Å². The molecule has 114 valence electrons. The van der Waals surface area contributed by atoms with Crippen LogP contribution in [0.3, 0.4) is 0 Å². The summed E-state index contributed by atoms with van der Waals surface area (Å²) in [5.41, 5.74) is 6.52. The third kappa shape index (κ3) is 3.41. The first-order valence-electron chi connectivity index (χ1n) is 6.09. The van der Waals surface area contributed by atoms with Crippen molar-refractivity contribution in [3.8, 4) is 0 Å². The summed E-state index contributed by atoms with van der Waals surface area (Å²) in [5.74, 6) is 0. The largest absolute Gasteiger partial charge is 0.299 e. The van der Waals surface area contributed by atoms with Gasteiger partial charge in [-0.25, -0.2) is 0 Å². The third-order valence-corrected chi connectivity index (χ3v) is 3.16. The van der Waals surface area contributed by atoms with Crippen molar-refractivity contribution in [1.29, 1.82) is 0 Å². The van der Waals surface area contributed by atoms with Crippen LogP contribution in [0.2, 0.25) is 5.02 Å². The Bertz CT molecular complexity index is 751. The lowest BCUT2D eigenvalue weighted by Crippen LogP contribution is -2.11. The standard InChI is InChI=1S/C13H11ClN4O4/c1-8-2-4-12(13(6-8)18(21)22)16-15-11-5-3-9(17(19)20)7-10(11)14/h2-7,15-16H,1H3. The number of anilines is 2. The van der Waals surface area contributed by atoms with E-state index in [2.05, 4.69) is 10.9 Å². The SMILES string of the molecule is Cc1ccc(NNc2ccc([N+](=O)[O-])cc2Cl)c([N+](=O)[O-])c1. The highest BCUT2D eigenvalue weighted by Gasteiger charge is 2.14. The summed E-state index contributed by atoms with van der Waals surface area (Å²) < 4.78 is 0. The second-order valence-electron chi connectivity index (χ2n) is 4.45. The molecule has 2 aromatic carbocycles. The maximum atomic E-state index is 11.0. The van der Waals surface area contributed by atoms with Crippen LogP contribution in [0.5, 0.6) is 0 Å². The van der Waals surface area contributed by atoms with Crippen molar-refractivity contribution < 1.29 is 9.85 Å². The summed E-state index contributed by atoms with van der Waals surface area (Å²) in [6.45, 7) is 1.75. The number of benzene rings is 2. The Morgan fingerprint density at radius 1 is 0.955 bits per heavy atom. The molecule has 2 N–H and O–H groups in total. The van der Waals surface area contributed by atoms with E-state index in [0.29, 0.717) is 5.69 Å². The predicted octanol–water partition coefficient (Wildman–Crippen LogP) is 3.90. The average molecular weight is 323 g/mol. The molecule has 8 nitrogen and oxygen atoms in total. The van der Waals surface area contributed by atoms with Gasteiger partial charge in [-0.15, -0.1) is 0 Å². The molecule has 0 unspecified atom stereocenters. The molecule has 0 saturated carbocycles. The Balaban J connectivity index is 2.20. The number of non-ortho nitro benzene ring substituents is 1. The van der Waals surface area contributed by atoms with Gasteiger partial charge in [-0.05, 0) is 24.6 Å². The average Bonchev–Trinajstić information content (AvgIpc) is 2.46. The normalized spacial score (nSPS) is 10.1. The number of nitrogens with zero attached hydrogens (tertiary/aromatic N) is 2. The second-order valence-corrected chi connectivity index (χ2v) is 4.86. The number of hydrogen-bond acceptors (Lipinski definition) is 6. The fourth-order valence-corrected chi connectivity index (χ4v) is 1.97. The molecule has 0 fully saturated rings. The summed E-state index contributed by atoms with van der Waals surface area (Å²) in [5, 5.41) is 21.8. The fourth-order valence-electron chi connectivity index (χ4n) is 1.75. The summed E-state index contributed by atoms with van der Waals surface area (Å²) in [7, 11) is 0. The molecule has 0 aliphatic carbocycles.